The van der Waals surface area contributed by atoms with Crippen LogP contribution in [0.4, 0.5) is 18.0 Å². The molecule has 24 heavy (non-hydrogen) atoms. The first-order chi connectivity index (χ1) is 11.1. The summed E-state index contributed by atoms with van der Waals surface area (Å²) < 4.78 is 43.3. The van der Waals surface area contributed by atoms with Crippen molar-refractivity contribution in [1.29, 1.82) is 0 Å². The maximum atomic E-state index is 12.8. The number of imide groups is 1. The van der Waals surface area contributed by atoms with Crippen molar-refractivity contribution in [3.8, 4) is 11.6 Å². The van der Waals surface area contributed by atoms with Gasteiger partial charge in [0.15, 0.2) is 5.82 Å². The number of hydrogen-bond donors (Lipinski definition) is 2. The predicted molar refractivity (Wildman–Crippen MR) is 70.0 cm³/mol. The lowest BCUT2D eigenvalue weighted by Crippen LogP contribution is -2.40. The summed E-state index contributed by atoms with van der Waals surface area (Å²) in [5.74, 6) is -1.06. The Morgan fingerprint density at radius 1 is 1.33 bits per heavy atom. The van der Waals surface area contributed by atoms with Crippen LogP contribution in [0.25, 0.3) is 11.6 Å². The van der Waals surface area contributed by atoms with Crippen LogP contribution in [0.1, 0.15) is 25.2 Å². The van der Waals surface area contributed by atoms with E-state index in [-0.39, 0.29) is 12.4 Å². The van der Waals surface area contributed by atoms with Crippen LogP contribution < -0.4 is 5.32 Å². The number of alkyl halides is 3. The average Bonchev–Trinajstić information content (AvgIpc) is 3.14. The molecule has 0 aliphatic carbocycles. The Bertz CT molecular complexity index is 809. The molecule has 128 valence electrons. The van der Waals surface area contributed by atoms with Gasteiger partial charge in [0.05, 0.1) is 12.7 Å². The van der Waals surface area contributed by atoms with E-state index in [9.17, 15) is 22.8 Å². The maximum Gasteiger partial charge on any atom is 0.420 e. The molecule has 0 unspecified atom stereocenters. The van der Waals surface area contributed by atoms with Gasteiger partial charge in [-0.3, -0.25) is 14.8 Å². The first kappa shape index (κ1) is 16.0. The molecule has 0 saturated carbocycles. The maximum absolute atomic E-state index is 12.8. The highest BCUT2D eigenvalue weighted by Crippen LogP contribution is 2.35. The van der Waals surface area contributed by atoms with Crippen molar-refractivity contribution in [2.75, 3.05) is 0 Å². The van der Waals surface area contributed by atoms with Gasteiger partial charge >= 0.3 is 12.2 Å². The molecule has 3 amide bonds. The molecule has 3 heterocycles. The molecule has 1 aliphatic rings. The number of hydrogen-bond acceptors (Lipinski definition) is 6. The molecule has 3 rings (SSSR count). The van der Waals surface area contributed by atoms with Gasteiger partial charge in [-0.25, -0.2) is 4.79 Å². The van der Waals surface area contributed by atoms with E-state index in [0.717, 1.165) is 4.90 Å². The van der Waals surface area contributed by atoms with Crippen LogP contribution in [-0.2, 0) is 17.5 Å². The summed E-state index contributed by atoms with van der Waals surface area (Å²) >= 11 is 0. The average molecular weight is 344 g/mol. The van der Waals surface area contributed by atoms with Crippen LogP contribution in [0, 0.1) is 0 Å². The number of nitrogens with zero attached hydrogens (tertiary/aromatic N) is 4. The predicted octanol–water partition coefficient (Wildman–Crippen LogP) is 1.31. The van der Waals surface area contributed by atoms with Crippen molar-refractivity contribution in [2.24, 2.45) is 0 Å². The zero-order valence-electron chi connectivity index (χ0n) is 12.4. The fraction of sp³-hybridized carbons (Fsp3) is 0.417. The molecule has 2 N–H and O–H groups in total. The standard InChI is InChI=1S/C12H11F3N6O3/c1-11(2)9(22)21(10(23)18-11)4-6-17-8(24-20-6)7-5(3-16-19-7)12(13,14)15/h3H,4H2,1-2H3,(H,16,19)(H,18,23). The summed E-state index contributed by atoms with van der Waals surface area (Å²) in [5.41, 5.74) is -2.62. The van der Waals surface area contributed by atoms with Gasteiger partial charge in [-0.05, 0) is 13.8 Å². The highest BCUT2D eigenvalue weighted by molar-refractivity contribution is 6.06. The summed E-state index contributed by atoms with van der Waals surface area (Å²) in [6.45, 7) is 2.72. The van der Waals surface area contributed by atoms with Gasteiger partial charge in [0.1, 0.15) is 16.8 Å². The molecule has 1 saturated heterocycles. The number of aromatic amines is 1. The smallest absolute Gasteiger partial charge is 0.332 e. The molecule has 0 atom stereocenters. The molecule has 1 fully saturated rings. The lowest BCUT2D eigenvalue weighted by atomic mass is 10.1. The van der Waals surface area contributed by atoms with Crippen LogP contribution in [0.2, 0.25) is 0 Å². The second-order valence-corrected chi connectivity index (χ2v) is 5.62. The Morgan fingerprint density at radius 3 is 2.62 bits per heavy atom. The fourth-order valence-corrected chi connectivity index (χ4v) is 2.19. The first-order valence-electron chi connectivity index (χ1n) is 6.67. The van der Waals surface area contributed by atoms with Gasteiger partial charge in [-0.1, -0.05) is 5.16 Å². The quantitative estimate of drug-likeness (QED) is 0.811. The number of rotatable bonds is 3. The molecule has 0 radical (unpaired) electrons. The van der Waals surface area contributed by atoms with E-state index >= 15 is 0 Å². The Kier molecular flexibility index (Phi) is 3.35. The number of amides is 3. The molecular formula is C12H11F3N6O3. The van der Waals surface area contributed by atoms with Crippen LogP contribution in [0.3, 0.4) is 0 Å². The third-order valence-corrected chi connectivity index (χ3v) is 3.37. The number of nitrogens with one attached hydrogen (secondary N) is 2. The molecule has 9 nitrogen and oxygen atoms in total. The van der Waals surface area contributed by atoms with E-state index in [4.69, 9.17) is 4.52 Å². The van der Waals surface area contributed by atoms with E-state index in [2.05, 4.69) is 25.7 Å². The van der Waals surface area contributed by atoms with Gasteiger partial charge in [0.2, 0.25) is 0 Å². The number of carbonyl (C=O) groups excluding carboxylic acids is 2. The Labute approximate surface area is 132 Å². The SMILES string of the molecule is CC1(C)NC(=O)N(Cc2noc(-c3[nH]ncc3C(F)(F)F)n2)C1=O. The van der Waals surface area contributed by atoms with Crippen molar-refractivity contribution in [3.05, 3.63) is 17.6 Å². The van der Waals surface area contributed by atoms with Crippen molar-refractivity contribution >= 4 is 11.9 Å². The number of aromatic nitrogens is 4. The minimum Gasteiger partial charge on any atom is -0.332 e. The second kappa shape index (κ2) is 5.04. The van der Waals surface area contributed by atoms with Crippen molar-refractivity contribution in [3.63, 3.8) is 0 Å². The minimum atomic E-state index is -4.65. The van der Waals surface area contributed by atoms with Crippen LogP contribution in [0.15, 0.2) is 10.7 Å². The molecule has 2 aromatic rings. The largest absolute Gasteiger partial charge is 0.420 e. The zero-order valence-corrected chi connectivity index (χ0v) is 12.4. The number of halogens is 3. The van der Waals surface area contributed by atoms with E-state index in [1.807, 2.05) is 0 Å². The van der Waals surface area contributed by atoms with E-state index in [0.29, 0.717) is 6.20 Å². The van der Waals surface area contributed by atoms with Crippen molar-refractivity contribution in [2.45, 2.75) is 32.1 Å². The topological polar surface area (TPSA) is 117 Å². The molecule has 0 bridgehead atoms. The van der Waals surface area contributed by atoms with Gasteiger partial charge < -0.3 is 9.84 Å². The summed E-state index contributed by atoms with van der Waals surface area (Å²) in [5, 5.41) is 11.4. The number of urea groups is 1. The van der Waals surface area contributed by atoms with Crippen molar-refractivity contribution in [1.82, 2.24) is 30.6 Å². The third kappa shape index (κ3) is 2.59. The highest BCUT2D eigenvalue weighted by Gasteiger charge is 2.44. The normalized spacial score (nSPS) is 17.5. The Hall–Kier alpha value is -2.92. The third-order valence-electron chi connectivity index (χ3n) is 3.37. The van der Waals surface area contributed by atoms with E-state index < -0.39 is 40.8 Å². The van der Waals surface area contributed by atoms with Gasteiger partial charge in [-0.15, -0.1) is 0 Å². The van der Waals surface area contributed by atoms with Gasteiger partial charge in [0, 0.05) is 0 Å². The lowest BCUT2D eigenvalue weighted by molar-refractivity contribution is -0.137. The molecule has 0 spiro atoms. The zero-order chi connectivity index (χ0) is 17.7. The Balaban J connectivity index is 1.84. The summed E-state index contributed by atoms with van der Waals surface area (Å²) in [6.07, 6.45) is -4.05. The summed E-state index contributed by atoms with van der Waals surface area (Å²) in [6, 6.07) is -0.645. The van der Waals surface area contributed by atoms with Crippen molar-refractivity contribution < 1.29 is 27.3 Å². The van der Waals surface area contributed by atoms with Crippen LogP contribution in [-0.4, -0.2) is 42.7 Å². The minimum absolute atomic E-state index is 0.117. The Morgan fingerprint density at radius 2 is 2.04 bits per heavy atom. The lowest BCUT2D eigenvalue weighted by Gasteiger charge is -2.14. The van der Waals surface area contributed by atoms with E-state index in [1.165, 1.54) is 13.8 Å². The highest BCUT2D eigenvalue weighted by atomic mass is 19.4. The van der Waals surface area contributed by atoms with E-state index in [1.54, 1.807) is 0 Å². The molecule has 1 aliphatic heterocycles. The number of H-pyrrole nitrogens is 1. The fourth-order valence-electron chi connectivity index (χ4n) is 2.19. The number of carbonyl (C=O) groups is 2. The molecular weight excluding hydrogens is 333 g/mol. The van der Waals surface area contributed by atoms with Crippen LogP contribution >= 0.6 is 0 Å². The summed E-state index contributed by atoms with van der Waals surface area (Å²) in [4.78, 5) is 28.5. The molecule has 2 aromatic heterocycles. The van der Waals surface area contributed by atoms with Crippen LogP contribution in [0.5, 0.6) is 0 Å². The van der Waals surface area contributed by atoms with Gasteiger partial charge in [0.25, 0.3) is 11.8 Å². The molecule has 12 heteroatoms. The van der Waals surface area contributed by atoms with Gasteiger partial charge in [-0.2, -0.15) is 23.3 Å². The monoisotopic (exact) mass is 344 g/mol. The first-order valence-corrected chi connectivity index (χ1v) is 6.67. The summed E-state index contributed by atoms with van der Waals surface area (Å²) in [7, 11) is 0. The second-order valence-electron chi connectivity index (χ2n) is 5.62. The molecule has 0 aromatic carbocycles.